The zero-order valence-electron chi connectivity index (χ0n) is 16.6. The predicted molar refractivity (Wildman–Crippen MR) is 115 cm³/mol. The van der Waals surface area contributed by atoms with Gasteiger partial charge in [-0.15, -0.1) is 0 Å². The normalized spacial score (nSPS) is 10.8. The number of carbonyl (C=O) groups excluding carboxylic acids is 1. The van der Waals surface area contributed by atoms with Crippen molar-refractivity contribution in [3.05, 3.63) is 61.2 Å². The number of carbonyl (C=O) groups is 1. The fourth-order valence-corrected chi connectivity index (χ4v) is 3.70. The molecule has 0 fully saturated rings. The average molecular weight is 419 g/mol. The van der Waals surface area contributed by atoms with Crippen molar-refractivity contribution in [2.75, 3.05) is 36.1 Å². The third kappa shape index (κ3) is 6.83. The van der Waals surface area contributed by atoms with E-state index >= 15 is 0 Å². The van der Waals surface area contributed by atoms with Crippen LogP contribution in [0.4, 0.5) is 11.4 Å². The van der Waals surface area contributed by atoms with Gasteiger partial charge in [0.1, 0.15) is 18.1 Å². The van der Waals surface area contributed by atoms with E-state index < -0.39 is 10.0 Å². The van der Waals surface area contributed by atoms with Gasteiger partial charge >= 0.3 is 0 Å². The molecule has 1 amide bonds. The number of amides is 1. The van der Waals surface area contributed by atoms with Crippen molar-refractivity contribution in [1.82, 2.24) is 0 Å². The second kappa shape index (κ2) is 10.5. The fourth-order valence-electron chi connectivity index (χ4n) is 2.73. The van der Waals surface area contributed by atoms with Gasteiger partial charge in [-0.1, -0.05) is 30.9 Å². The molecular weight excluding hydrogens is 392 g/mol. The van der Waals surface area contributed by atoms with Gasteiger partial charge in [-0.3, -0.25) is 9.10 Å². The van der Waals surface area contributed by atoms with Crippen molar-refractivity contribution in [2.24, 2.45) is 0 Å². The molecule has 0 saturated carbocycles. The van der Waals surface area contributed by atoms with Gasteiger partial charge in [-0.25, -0.2) is 8.42 Å². The summed E-state index contributed by atoms with van der Waals surface area (Å²) in [5, 5.41) is 2.80. The summed E-state index contributed by atoms with van der Waals surface area (Å²) in [5.74, 6) is 0.875. The van der Waals surface area contributed by atoms with E-state index in [4.69, 9.17) is 9.47 Å². The first kappa shape index (κ1) is 22.3. The van der Waals surface area contributed by atoms with Crippen LogP contribution in [0.25, 0.3) is 0 Å². The van der Waals surface area contributed by atoms with Crippen molar-refractivity contribution in [3.63, 3.8) is 0 Å². The molecule has 156 valence electrons. The number of hydrogen-bond donors (Lipinski definition) is 1. The first-order valence-electron chi connectivity index (χ1n) is 9.09. The summed E-state index contributed by atoms with van der Waals surface area (Å²) in [6.45, 7) is 4.13. The lowest BCUT2D eigenvalue weighted by Gasteiger charge is -2.24. The largest absolute Gasteiger partial charge is 0.495 e. The number of hydrogen-bond acceptors (Lipinski definition) is 5. The Hall–Kier alpha value is -3.00. The fraction of sp³-hybridized carbons (Fsp3) is 0.286. The lowest BCUT2D eigenvalue weighted by molar-refractivity contribution is -0.116. The van der Waals surface area contributed by atoms with Crippen molar-refractivity contribution < 1.29 is 22.7 Å². The second-order valence-electron chi connectivity index (χ2n) is 6.29. The summed E-state index contributed by atoms with van der Waals surface area (Å²) in [6, 6.07) is 13.9. The molecule has 29 heavy (non-hydrogen) atoms. The molecule has 2 aromatic rings. The lowest BCUT2D eigenvalue weighted by Crippen LogP contribution is -2.31. The summed E-state index contributed by atoms with van der Waals surface area (Å²) in [5.41, 5.74) is 1.06. The smallest absolute Gasteiger partial charge is 0.232 e. The quantitative estimate of drug-likeness (QED) is 0.565. The first-order chi connectivity index (χ1) is 13.8. The maximum absolute atomic E-state index is 12.3. The van der Waals surface area contributed by atoms with Crippen molar-refractivity contribution >= 4 is 27.3 Å². The van der Waals surface area contributed by atoms with Crippen LogP contribution in [-0.4, -0.2) is 40.8 Å². The molecule has 0 heterocycles. The Bertz CT molecular complexity index is 944. The maximum atomic E-state index is 12.3. The molecule has 0 aliphatic carbocycles. The van der Waals surface area contributed by atoms with Gasteiger partial charge in [0.25, 0.3) is 0 Å². The van der Waals surface area contributed by atoms with E-state index in [1.807, 2.05) is 0 Å². The number of sulfonamides is 1. The highest BCUT2D eigenvalue weighted by Crippen LogP contribution is 2.29. The van der Waals surface area contributed by atoms with Crippen molar-refractivity contribution in [2.45, 2.75) is 12.8 Å². The molecule has 0 aliphatic rings. The number of rotatable bonds is 11. The second-order valence-corrected chi connectivity index (χ2v) is 8.19. The van der Waals surface area contributed by atoms with Crippen LogP contribution in [0.1, 0.15) is 12.8 Å². The van der Waals surface area contributed by atoms with Gasteiger partial charge in [0.15, 0.2) is 0 Å². The molecular formula is C21H26N2O5S. The van der Waals surface area contributed by atoms with Crippen LogP contribution in [0.5, 0.6) is 11.5 Å². The van der Waals surface area contributed by atoms with E-state index in [9.17, 15) is 13.2 Å². The van der Waals surface area contributed by atoms with Crippen molar-refractivity contribution in [1.29, 1.82) is 0 Å². The lowest BCUT2D eigenvalue weighted by atomic mass is 10.2. The first-order valence-corrected chi connectivity index (χ1v) is 10.9. The summed E-state index contributed by atoms with van der Waals surface area (Å²) in [7, 11) is -2.04. The predicted octanol–water partition coefficient (Wildman–Crippen LogP) is 3.44. The van der Waals surface area contributed by atoms with Crippen LogP contribution >= 0.6 is 0 Å². The van der Waals surface area contributed by atoms with E-state index in [1.165, 1.54) is 11.4 Å². The average Bonchev–Trinajstić information content (AvgIpc) is 2.69. The number of nitrogens with zero attached hydrogens (tertiary/aromatic N) is 1. The Balaban J connectivity index is 1.97. The van der Waals surface area contributed by atoms with Crippen LogP contribution in [0.2, 0.25) is 0 Å². The van der Waals surface area contributed by atoms with Crippen molar-refractivity contribution in [3.8, 4) is 11.5 Å². The molecule has 0 spiro atoms. The third-order valence-electron chi connectivity index (χ3n) is 4.00. The van der Waals surface area contributed by atoms with Gasteiger partial charge in [-0.05, 0) is 30.7 Å². The van der Waals surface area contributed by atoms with Gasteiger partial charge in [0, 0.05) is 24.7 Å². The highest BCUT2D eigenvalue weighted by atomic mass is 32.2. The minimum Gasteiger partial charge on any atom is -0.495 e. The Labute approximate surface area is 172 Å². The van der Waals surface area contributed by atoms with Crippen LogP contribution in [-0.2, 0) is 14.8 Å². The van der Waals surface area contributed by atoms with Gasteiger partial charge in [-0.2, -0.15) is 0 Å². The number of anilines is 2. The topological polar surface area (TPSA) is 84.9 Å². The Kier molecular flexibility index (Phi) is 8.09. The molecule has 0 unspecified atom stereocenters. The summed E-state index contributed by atoms with van der Waals surface area (Å²) < 4.78 is 36.4. The number of ether oxygens (including phenoxy) is 2. The van der Waals surface area contributed by atoms with E-state index in [0.29, 0.717) is 35.9 Å². The molecule has 0 bridgehead atoms. The molecule has 0 saturated heterocycles. The molecule has 8 heteroatoms. The standard InChI is InChI=1S/C21H26N2O5S/c1-4-15-28-18-10-7-9-17(16-18)22-21(24)13-8-14-23(29(3,25)26)19-11-5-6-12-20(19)27-2/h4-7,9-12,16H,1,8,13-15H2,2-3H3,(H,22,24). The van der Waals surface area contributed by atoms with Gasteiger partial charge < -0.3 is 14.8 Å². The van der Waals surface area contributed by atoms with E-state index in [1.54, 1.807) is 54.6 Å². The SMILES string of the molecule is C=CCOc1cccc(NC(=O)CCCN(c2ccccc2OC)S(C)(=O)=O)c1. The van der Waals surface area contributed by atoms with Gasteiger partial charge in [0.2, 0.25) is 15.9 Å². The van der Waals surface area contributed by atoms with Gasteiger partial charge in [0.05, 0.1) is 19.1 Å². The maximum Gasteiger partial charge on any atom is 0.232 e. The number of methoxy groups -OCH3 is 1. The molecule has 1 N–H and O–H groups in total. The molecule has 0 radical (unpaired) electrons. The van der Waals surface area contributed by atoms with Crippen LogP contribution in [0.3, 0.4) is 0 Å². The van der Waals surface area contributed by atoms with E-state index in [0.717, 1.165) is 6.26 Å². The minimum atomic E-state index is -3.52. The Morgan fingerprint density at radius 3 is 2.66 bits per heavy atom. The zero-order valence-corrected chi connectivity index (χ0v) is 17.4. The zero-order chi connectivity index (χ0) is 21.3. The summed E-state index contributed by atoms with van der Waals surface area (Å²) in [4.78, 5) is 12.3. The summed E-state index contributed by atoms with van der Waals surface area (Å²) >= 11 is 0. The molecule has 0 atom stereocenters. The molecule has 0 aromatic heterocycles. The summed E-state index contributed by atoms with van der Waals surface area (Å²) in [6.07, 6.45) is 3.29. The Morgan fingerprint density at radius 2 is 1.97 bits per heavy atom. The van der Waals surface area contributed by atoms with E-state index in [-0.39, 0.29) is 18.9 Å². The molecule has 2 aromatic carbocycles. The molecule has 2 rings (SSSR count). The number of para-hydroxylation sites is 2. The number of benzene rings is 2. The van der Waals surface area contributed by atoms with E-state index in [2.05, 4.69) is 11.9 Å². The highest BCUT2D eigenvalue weighted by molar-refractivity contribution is 7.92. The minimum absolute atomic E-state index is 0.162. The molecule has 0 aliphatic heterocycles. The van der Waals surface area contributed by atoms with Crippen LogP contribution in [0.15, 0.2) is 61.2 Å². The monoisotopic (exact) mass is 418 g/mol. The third-order valence-corrected chi connectivity index (χ3v) is 5.18. The van der Waals surface area contributed by atoms with Crippen LogP contribution in [0, 0.1) is 0 Å². The number of nitrogens with one attached hydrogen (secondary N) is 1. The Morgan fingerprint density at radius 1 is 1.21 bits per heavy atom. The molecule has 7 nitrogen and oxygen atoms in total. The van der Waals surface area contributed by atoms with Crippen LogP contribution < -0.4 is 19.1 Å². The highest BCUT2D eigenvalue weighted by Gasteiger charge is 2.20.